The highest BCUT2D eigenvalue weighted by molar-refractivity contribution is 7.86. The molecule has 0 atom stereocenters. The monoisotopic (exact) mass is 492 g/mol. The Bertz CT molecular complexity index is 1600. The van der Waals surface area contributed by atoms with Gasteiger partial charge in [0.25, 0.3) is 15.8 Å². The molecular formula is C22H16N6O6S. The van der Waals surface area contributed by atoms with Gasteiger partial charge in [-0.15, -0.1) is 10.2 Å². The quantitative estimate of drug-likeness (QED) is 0.0948. The number of benzene rings is 4. The van der Waals surface area contributed by atoms with Crippen molar-refractivity contribution in [1.29, 1.82) is 0 Å². The number of anilines is 1. The second-order valence-electron chi connectivity index (χ2n) is 7.15. The zero-order valence-corrected chi connectivity index (χ0v) is 18.5. The molecule has 12 nitrogen and oxygen atoms in total. The molecule has 0 heterocycles. The van der Waals surface area contributed by atoms with Crippen molar-refractivity contribution >= 4 is 55.0 Å². The largest absolute Gasteiger partial charge is 0.505 e. The molecule has 4 aromatic carbocycles. The molecule has 0 unspecified atom stereocenters. The van der Waals surface area contributed by atoms with E-state index in [9.17, 15) is 28.2 Å². The summed E-state index contributed by atoms with van der Waals surface area (Å²) in [6, 6.07) is 17.5. The molecule has 0 radical (unpaired) electrons. The van der Waals surface area contributed by atoms with Crippen molar-refractivity contribution < 1.29 is 23.0 Å². The van der Waals surface area contributed by atoms with Crippen molar-refractivity contribution in [3.8, 4) is 5.75 Å². The van der Waals surface area contributed by atoms with Crippen molar-refractivity contribution in [1.82, 2.24) is 0 Å². The van der Waals surface area contributed by atoms with Gasteiger partial charge >= 0.3 is 0 Å². The van der Waals surface area contributed by atoms with Gasteiger partial charge in [-0.05, 0) is 36.4 Å². The summed E-state index contributed by atoms with van der Waals surface area (Å²) in [7, 11) is -4.75. The van der Waals surface area contributed by atoms with E-state index in [1.807, 2.05) is 0 Å². The van der Waals surface area contributed by atoms with Crippen LogP contribution < -0.4 is 5.73 Å². The van der Waals surface area contributed by atoms with Gasteiger partial charge in [-0.2, -0.15) is 18.6 Å². The Kier molecular flexibility index (Phi) is 6.18. The number of non-ortho nitro benzene ring substituents is 1. The van der Waals surface area contributed by atoms with E-state index in [1.54, 1.807) is 30.3 Å². The third-order valence-corrected chi connectivity index (χ3v) is 5.77. The molecule has 4 rings (SSSR count). The summed E-state index contributed by atoms with van der Waals surface area (Å²) in [4.78, 5) is 9.67. The fraction of sp³-hybridized carbons (Fsp3) is 0. The predicted octanol–water partition coefficient (Wildman–Crippen LogP) is 6.11. The summed E-state index contributed by atoms with van der Waals surface area (Å²) in [5, 5.41) is 37.3. The van der Waals surface area contributed by atoms with E-state index < -0.39 is 25.7 Å². The lowest BCUT2D eigenvalue weighted by molar-refractivity contribution is -0.384. The van der Waals surface area contributed by atoms with E-state index in [0.29, 0.717) is 5.69 Å². The van der Waals surface area contributed by atoms with Crippen LogP contribution in [0, 0.1) is 10.1 Å². The Balaban J connectivity index is 1.85. The second-order valence-corrected chi connectivity index (χ2v) is 8.54. The maximum absolute atomic E-state index is 12.0. The average Bonchev–Trinajstić information content (AvgIpc) is 2.83. The number of nitrogen functional groups attached to an aromatic ring is 1. The molecule has 4 aromatic rings. The molecule has 0 aliphatic rings. The normalized spacial score (nSPS) is 12.0. The number of phenols is 1. The van der Waals surface area contributed by atoms with Gasteiger partial charge in [0.1, 0.15) is 16.3 Å². The van der Waals surface area contributed by atoms with Gasteiger partial charge in [-0.25, -0.2) is 0 Å². The first kappa shape index (κ1) is 23.4. The Morgan fingerprint density at radius 3 is 2.03 bits per heavy atom. The number of phenolic OH excluding ortho intramolecular Hbond substituents is 1. The summed E-state index contributed by atoms with van der Waals surface area (Å²) >= 11 is 0. The lowest BCUT2D eigenvalue weighted by Crippen LogP contribution is -2.01. The minimum absolute atomic E-state index is 0.00111. The minimum atomic E-state index is -4.75. The number of fused-ring (bicyclic) bond motifs is 1. The van der Waals surface area contributed by atoms with Crippen LogP contribution in [0.4, 0.5) is 34.1 Å². The van der Waals surface area contributed by atoms with E-state index in [2.05, 4.69) is 20.5 Å². The maximum Gasteiger partial charge on any atom is 0.295 e. The van der Waals surface area contributed by atoms with Crippen molar-refractivity contribution in [3.05, 3.63) is 82.9 Å². The summed E-state index contributed by atoms with van der Waals surface area (Å²) in [5.74, 6) is -0.475. The Hall–Kier alpha value is -4.75. The maximum atomic E-state index is 12.0. The van der Waals surface area contributed by atoms with Crippen LogP contribution in [0.1, 0.15) is 0 Å². The predicted molar refractivity (Wildman–Crippen MR) is 128 cm³/mol. The molecule has 0 fully saturated rings. The van der Waals surface area contributed by atoms with Crippen molar-refractivity contribution in [2.75, 3.05) is 5.73 Å². The molecule has 0 saturated carbocycles. The van der Waals surface area contributed by atoms with E-state index in [1.165, 1.54) is 36.4 Å². The molecule has 4 N–H and O–H groups in total. The van der Waals surface area contributed by atoms with Crippen LogP contribution in [-0.4, -0.2) is 23.0 Å². The smallest absolute Gasteiger partial charge is 0.295 e. The van der Waals surface area contributed by atoms with Crippen molar-refractivity contribution in [2.45, 2.75) is 4.90 Å². The number of aromatic hydroxyl groups is 1. The van der Waals surface area contributed by atoms with Crippen molar-refractivity contribution in [3.63, 3.8) is 0 Å². The molecule has 0 saturated heterocycles. The van der Waals surface area contributed by atoms with E-state index in [4.69, 9.17) is 5.73 Å². The highest BCUT2D eigenvalue weighted by Gasteiger charge is 2.22. The molecule has 35 heavy (non-hydrogen) atoms. The fourth-order valence-corrected chi connectivity index (χ4v) is 3.91. The Labute approximate surface area is 198 Å². The van der Waals surface area contributed by atoms with E-state index >= 15 is 0 Å². The molecule has 176 valence electrons. The van der Waals surface area contributed by atoms with Gasteiger partial charge in [-0.3, -0.25) is 14.7 Å². The van der Waals surface area contributed by atoms with Crippen molar-refractivity contribution in [2.24, 2.45) is 20.5 Å². The summed E-state index contributed by atoms with van der Waals surface area (Å²) in [6.45, 7) is 0. The summed E-state index contributed by atoms with van der Waals surface area (Å²) in [6.07, 6.45) is 0. The van der Waals surface area contributed by atoms with E-state index in [0.717, 1.165) is 6.07 Å². The Morgan fingerprint density at radius 2 is 1.43 bits per heavy atom. The molecule has 0 spiro atoms. The highest BCUT2D eigenvalue weighted by Crippen LogP contribution is 2.45. The zero-order valence-electron chi connectivity index (χ0n) is 17.7. The minimum Gasteiger partial charge on any atom is -0.505 e. The third kappa shape index (κ3) is 4.95. The second kappa shape index (κ2) is 9.24. The van der Waals surface area contributed by atoms with Crippen LogP contribution in [0.3, 0.4) is 0 Å². The van der Waals surface area contributed by atoms with Gasteiger partial charge in [-0.1, -0.05) is 24.3 Å². The first-order chi connectivity index (χ1) is 16.6. The molecule has 0 aliphatic heterocycles. The lowest BCUT2D eigenvalue weighted by atomic mass is 10.1. The number of nitro groups is 1. The SMILES string of the molecule is Nc1c(N=Nc2ccc([N+](=O)[O-])cc2)cc(S(=O)(=O)O)c2ccc(N=Nc3ccccc3)c(O)c12. The number of nitrogens with two attached hydrogens (primary N) is 1. The molecule has 13 heteroatoms. The third-order valence-electron chi connectivity index (χ3n) is 4.88. The van der Waals surface area contributed by atoms with Gasteiger partial charge in [0, 0.05) is 17.5 Å². The first-order valence-electron chi connectivity index (χ1n) is 9.84. The van der Waals surface area contributed by atoms with Crippen LogP contribution >= 0.6 is 0 Å². The number of hydrogen-bond acceptors (Lipinski definition) is 10. The van der Waals surface area contributed by atoms with Gasteiger partial charge in [0.05, 0.1) is 27.4 Å². The Morgan fingerprint density at radius 1 is 0.829 bits per heavy atom. The van der Waals surface area contributed by atoms with Crippen LogP contribution in [-0.2, 0) is 10.1 Å². The number of azo groups is 2. The van der Waals surface area contributed by atoms with Crippen LogP contribution in [0.25, 0.3) is 10.8 Å². The fourth-order valence-electron chi connectivity index (χ4n) is 3.20. The molecule has 0 aromatic heterocycles. The van der Waals surface area contributed by atoms with Crippen LogP contribution in [0.2, 0.25) is 0 Å². The standard InChI is InChI=1S/C22H16N6O6S/c23-21-18(27-25-14-6-8-15(9-7-14)28(30)31)12-19(35(32,33)34)16-10-11-17(22(29)20(16)21)26-24-13-4-2-1-3-5-13/h1-12,29H,23H2,(H,32,33,34). The average molecular weight is 492 g/mol. The first-order valence-corrected chi connectivity index (χ1v) is 11.3. The lowest BCUT2D eigenvalue weighted by Gasteiger charge is -2.12. The summed E-state index contributed by atoms with van der Waals surface area (Å²) < 4.78 is 33.8. The van der Waals surface area contributed by atoms with Gasteiger partial charge < -0.3 is 10.8 Å². The zero-order chi connectivity index (χ0) is 25.2. The van der Waals surface area contributed by atoms with Gasteiger partial charge in [0.2, 0.25) is 0 Å². The number of hydrogen-bond donors (Lipinski definition) is 3. The topological polar surface area (TPSA) is 193 Å². The van der Waals surface area contributed by atoms with E-state index in [-0.39, 0.29) is 39.2 Å². The number of nitrogens with zero attached hydrogens (tertiary/aromatic N) is 5. The number of rotatable bonds is 6. The molecule has 0 bridgehead atoms. The molecular weight excluding hydrogens is 476 g/mol. The molecule has 0 amide bonds. The van der Waals surface area contributed by atoms with Gasteiger partial charge in [0.15, 0.2) is 5.75 Å². The van der Waals surface area contributed by atoms with Crippen LogP contribution in [0.5, 0.6) is 5.75 Å². The molecule has 0 aliphatic carbocycles. The highest BCUT2D eigenvalue weighted by atomic mass is 32.2. The summed E-state index contributed by atoms with van der Waals surface area (Å²) in [5.41, 5.74) is 6.47. The number of nitro benzene ring substituents is 1. The van der Waals surface area contributed by atoms with Crippen LogP contribution in [0.15, 0.2) is 98.1 Å².